The summed E-state index contributed by atoms with van der Waals surface area (Å²) in [6, 6.07) is 22.5. The fourth-order valence-corrected chi connectivity index (χ4v) is 7.65. The van der Waals surface area contributed by atoms with Crippen LogP contribution in [0.5, 0.6) is 0 Å². The van der Waals surface area contributed by atoms with Crippen molar-refractivity contribution in [3.8, 4) is 11.1 Å². The van der Waals surface area contributed by atoms with Crippen LogP contribution in [-0.4, -0.2) is 61.1 Å². The van der Waals surface area contributed by atoms with Gasteiger partial charge in [0, 0.05) is 31.1 Å². The number of aryl methyl sites for hydroxylation is 3. The fraction of sp³-hybridized carbons (Fsp3) is 0.400. The first-order valence-corrected chi connectivity index (χ1v) is 14.3. The molecule has 2 aliphatic heterocycles. The lowest BCUT2D eigenvalue weighted by Crippen LogP contribution is -2.67. The summed E-state index contributed by atoms with van der Waals surface area (Å²) in [5, 5.41) is 10.3. The molecule has 36 heavy (non-hydrogen) atoms. The van der Waals surface area contributed by atoms with Gasteiger partial charge in [0.15, 0.2) is 0 Å². The Morgan fingerprint density at radius 2 is 1.53 bits per heavy atom. The molecule has 3 aromatic carbocycles. The van der Waals surface area contributed by atoms with Crippen LogP contribution in [0.4, 0.5) is 0 Å². The van der Waals surface area contributed by atoms with Crippen LogP contribution < -0.4 is 0 Å². The number of sulfonamides is 1. The maximum Gasteiger partial charge on any atom is 0.243 e. The van der Waals surface area contributed by atoms with E-state index in [2.05, 4.69) is 61.2 Å². The lowest BCUT2D eigenvalue weighted by Gasteiger charge is -2.57. The van der Waals surface area contributed by atoms with Gasteiger partial charge in [-0.3, -0.25) is 4.90 Å². The summed E-state index contributed by atoms with van der Waals surface area (Å²) in [5.74, 6) is 0.0940. The second-order valence-electron chi connectivity index (χ2n) is 10.3. The van der Waals surface area contributed by atoms with E-state index in [9.17, 15) is 13.5 Å². The van der Waals surface area contributed by atoms with Crippen LogP contribution in [0.1, 0.15) is 41.0 Å². The highest BCUT2D eigenvalue weighted by Gasteiger charge is 2.50. The minimum Gasteiger partial charge on any atom is -0.395 e. The number of aliphatic hydroxyl groups excluding tert-OH is 1. The predicted molar refractivity (Wildman–Crippen MR) is 145 cm³/mol. The summed E-state index contributed by atoms with van der Waals surface area (Å²) >= 11 is 0. The van der Waals surface area contributed by atoms with Crippen LogP contribution in [0.15, 0.2) is 71.6 Å². The Labute approximate surface area is 215 Å². The van der Waals surface area contributed by atoms with Gasteiger partial charge in [0.05, 0.1) is 11.5 Å². The van der Waals surface area contributed by atoms with Gasteiger partial charge in [-0.2, -0.15) is 4.31 Å². The molecule has 0 saturated carbocycles. The molecule has 1 N–H and O–H groups in total. The SMILES string of the molecule is Cc1ccc(-c2ccc([C@@H]3[C@@H](CO)N4CCCCN(S(=O)(=O)c5ccccc5C)C[C@@H]34)cc2)cc1C. The molecule has 190 valence electrons. The third-order valence-corrected chi connectivity index (χ3v) is 10.2. The number of aliphatic hydroxyl groups is 1. The number of hydrogen-bond donors (Lipinski definition) is 1. The topological polar surface area (TPSA) is 60.9 Å². The lowest BCUT2D eigenvalue weighted by molar-refractivity contribution is -0.0553. The molecule has 0 unspecified atom stereocenters. The molecule has 2 heterocycles. The third-order valence-electron chi connectivity index (χ3n) is 8.18. The molecule has 0 bridgehead atoms. The molecule has 6 heteroatoms. The minimum atomic E-state index is -3.59. The average Bonchev–Trinajstić information content (AvgIpc) is 2.85. The summed E-state index contributed by atoms with van der Waals surface area (Å²) in [4.78, 5) is 2.71. The summed E-state index contributed by atoms with van der Waals surface area (Å²) < 4.78 is 29.0. The van der Waals surface area contributed by atoms with E-state index in [0.717, 1.165) is 30.5 Å². The molecule has 3 atom stereocenters. The summed E-state index contributed by atoms with van der Waals surface area (Å²) in [7, 11) is -3.59. The van der Waals surface area contributed by atoms with Crippen LogP contribution in [0.2, 0.25) is 0 Å². The monoisotopic (exact) mass is 504 g/mol. The number of benzene rings is 3. The van der Waals surface area contributed by atoms with Gasteiger partial charge in [-0.15, -0.1) is 0 Å². The summed E-state index contributed by atoms with van der Waals surface area (Å²) in [6.45, 7) is 8.05. The van der Waals surface area contributed by atoms with Crippen molar-refractivity contribution in [1.82, 2.24) is 9.21 Å². The van der Waals surface area contributed by atoms with E-state index >= 15 is 0 Å². The van der Waals surface area contributed by atoms with Crippen LogP contribution in [-0.2, 0) is 10.0 Å². The normalized spacial score (nSPS) is 23.4. The zero-order valence-corrected chi connectivity index (χ0v) is 22.2. The zero-order valence-electron chi connectivity index (χ0n) is 21.4. The summed E-state index contributed by atoms with van der Waals surface area (Å²) in [6.07, 6.45) is 1.74. The van der Waals surface area contributed by atoms with Crippen molar-refractivity contribution in [3.63, 3.8) is 0 Å². The van der Waals surface area contributed by atoms with Crippen molar-refractivity contribution in [2.75, 3.05) is 26.2 Å². The third kappa shape index (κ3) is 4.52. The van der Waals surface area contributed by atoms with E-state index in [1.165, 1.54) is 22.3 Å². The first-order chi connectivity index (χ1) is 17.3. The molecule has 2 fully saturated rings. The quantitative estimate of drug-likeness (QED) is 0.537. The molecule has 2 saturated heterocycles. The number of nitrogens with zero attached hydrogens (tertiary/aromatic N) is 2. The Kier molecular flexibility index (Phi) is 7.05. The second kappa shape index (κ2) is 10.1. The van der Waals surface area contributed by atoms with Gasteiger partial charge in [-0.25, -0.2) is 8.42 Å². The van der Waals surface area contributed by atoms with Gasteiger partial charge in [0.25, 0.3) is 0 Å². The molecule has 0 aromatic heterocycles. The van der Waals surface area contributed by atoms with Crippen molar-refractivity contribution in [1.29, 1.82) is 0 Å². The Bertz CT molecular complexity index is 1340. The Morgan fingerprint density at radius 1 is 0.833 bits per heavy atom. The van der Waals surface area contributed by atoms with Crippen molar-refractivity contribution in [2.24, 2.45) is 0 Å². The Balaban J connectivity index is 1.43. The van der Waals surface area contributed by atoms with Crippen molar-refractivity contribution >= 4 is 10.0 Å². The van der Waals surface area contributed by atoms with Gasteiger partial charge in [0.2, 0.25) is 10.0 Å². The molecular formula is C30H36N2O3S. The van der Waals surface area contributed by atoms with Crippen LogP contribution in [0, 0.1) is 20.8 Å². The van der Waals surface area contributed by atoms with Crippen LogP contribution in [0.3, 0.4) is 0 Å². The van der Waals surface area contributed by atoms with Gasteiger partial charge < -0.3 is 5.11 Å². The molecule has 5 nitrogen and oxygen atoms in total. The van der Waals surface area contributed by atoms with Gasteiger partial charge >= 0.3 is 0 Å². The first kappa shape index (κ1) is 25.2. The summed E-state index contributed by atoms with van der Waals surface area (Å²) in [5.41, 5.74) is 6.86. The largest absolute Gasteiger partial charge is 0.395 e. The van der Waals surface area contributed by atoms with E-state index in [4.69, 9.17) is 0 Å². The number of rotatable bonds is 5. The van der Waals surface area contributed by atoms with Gasteiger partial charge in [-0.1, -0.05) is 60.7 Å². The first-order valence-electron chi connectivity index (χ1n) is 12.9. The van der Waals surface area contributed by atoms with Gasteiger partial charge in [0.1, 0.15) is 0 Å². The van der Waals surface area contributed by atoms with E-state index in [-0.39, 0.29) is 24.6 Å². The highest BCUT2D eigenvalue weighted by atomic mass is 32.2. The smallest absolute Gasteiger partial charge is 0.243 e. The van der Waals surface area contributed by atoms with E-state index in [1.54, 1.807) is 16.4 Å². The number of fused-ring (bicyclic) bond motifs is 1. The molecule has 0 radical (unpaired) electrons. The maximum atomic E-state index is 13.7. The van der Waals surface area contributed by atoms with Crippen molar-refractivity contribution < 1.29 is 13.5 Å². The molecular weight excluding hydrogens is 468 g/mol. The molecule has 3 aromatic rings. The van der Waals surface area contributed by atoms with Gasteiger partial charge in [-0.05, 0) is 79.6 Å². The molecule has 0 aliphatic carbocycles. The zero-order chi connectivity index (χ0) is 25.4. The predicted octanol–water partition coefficient (Wildman–Crippen LogP) is 4.89. The van der Waals surface area contributed by atoms with E-state index in [1.807, 2.05) is 19.1 Å². The maximum absolute atomic E-state index is 13.7. The Morgan fingerprint density at radius 3 is 2.22 bits per heavy atom. The molecule has 2 aliphatic rings. The highest BCUT2D eigenvalue weighted by Crippen LogP contribution is 2.43. The lowest BCUT2D eigenvalue weighted by atomic mass is 9.74. The van der Waals surface area contributed by atoms with E-state index in [0.29, 0.717) is 18.0 Å². The standard InChI is InChI=1S/C30H36N2O3S/c1-21-10-11-26(18-23(21)3)24-12-14-25(15-13-24)30-27-19-31(16-6-7-17-32(27)28(30)20-33)36(34,35)29-9-5-4-8-22(29)2/h4-5,8-15,18,27-28,30,33H,6-7,16-17,19-20H2,1-3H3/t27-,28+,30-/m0/s1. The number of hydrogen-bond acceptors (Lipinski definition) is 4. The highest BCUT2D eigenvalue weighted by molar-refractivity contribution is 7.89. The van der Waals surface area contributed by atoms with Crippen LogP contribution in [0.25, 0.3) is 11.1 Å². The van der Waals surface area contributed by atoms with Crippen molar-refractivity contribution in [2.45, 2.75) is 56.5 Å². The minimum absolute atomic E-state index is 0.0172. The molecule has 5 rings (SSSR count). The molecule has 0 amide bonds. The Hall–Kier alpha value is -2.51. The molecule has 0 spiro atoms. The average molecular weight is 505 g/mol. The fourth-order valence-electron chi connectivity index (χ4n) is 5.93. The van der Waals surface area contributed by atoms with Crippen molar-refractivity contribution in [3.05, 3.63) is 89.0 Å². The van der Waals surface area contributed by atoms with E-state index < -0.39 is 10.0 Å². The second-order valence-corrected chi connectivity index (χ2v) is 12.2. The van der Waals surface area contributed by atoms with Crippen LogP contribution >= 0.6 is 0 Å².